The predicted octanol–water partition coefficient (Wildman–Crippen LogP) is 1.67. The van der Waals surface area contributed by atoms with Crippen molar-refractivity contribution in [3.05, 3.63) is 28.8 Å². The highest BCUT2D eigenvalue weighted by molar-refractivity contribution is 5.42. The zero-order valence-electron chi connectivity index (χ0n) is 9.21. The first-order valence-corrected chi connectivity index (χ1v) is 5.31. The topological polar surface area (TPSA) is 41.5 Å². The molecule has 1 aromatic rings. The third kappa shape index (κ3) is 2.13. The molecule has 2 N–H and O–H groups in total. The van der Waals surface area contributed by atoms with Gasteiger partial charge in [-0.3, -0.25) is 0 Å². The van der Waals surface area contributed by atoms with Crippen LogP contribution in [0.3, 0.4) is 0 Å². The average Bonchev–Trinajstić information content (AvgIpc) is 2.26. The van der Waals surface area contributed by atoms with Crippen molar-refractivity contribution in [2.75, 3.05) is 19.7 Å². The quantitative estimate of drug-likeness (QED) is 0.736. The molecule has 0 saturated carbocycles. The molecule has 0 aromatic heterocycles. The number of phenols is 1. The van der Waals surface area contributed by atoms with Crippen molar-refractivity contribution in [2.24, 2.45) is 0 Å². The molecule has 2 rings (SSSR count). The zero-order valence-corrected chi connectivity index (χ0v) is 9.21. The molecule has 1 aliphatic rings. The van der Waals surface area contributed by atoms with Crippen LogP contribution in [0.4, 0.5) is 0 Å². The van der Waals surface area contributed by atoms with Crippen molar-refractivity contribution in [3.63, 3.8) is 0 Å². The van der Waals surface area contributed by atoms with Gasteiger partial charge in [0.1, 0.15) is 5.75 Å². The summed E-state index contributed by atoms with van der Waals surface area (Å²) < 4.78 is 5.67. The van der Waals surface area contributed by atoms with Gasteiger partial charge in [-0.15, -0.1) is 0 Å². The lowest BCUT2D eigenvalue weighted by molar-refractivity contribution is 0.0276. The van der Waals surface area contributed by atoms with Crippen LogP contribution in [0.2, 0.25) is 0 Å². The highest BCUT2D eigenvalue weighted by Crippen LogP contribution is 2.27. The normalized spacial score (nSPS) is 21.6. The summed E-state index contributed by atoms with van der Waals surface area (Å²) in [4.78, 5) is 0. The van der Waals surface area contributed by atoms with Gasteiger partial charge in [-0.1, -0.05) is 0 Å². The number of aromatic hydroxyl groups is 1. The Morgan fingerprint density at radius 2 is 2.00 bits per heavy atom. The van der Waals surface area contributed by atoms with Crippen LogP contribution >= 0.6 is 0 Å². The highest BCUT2D eigenvalue weighted by Gasteiger charge is 2.17. The number of hydrogen-bond donors (Lipinski definition) is 2. The number of morpholine rings is 1. The average molecular weight is 207 g/mol. The first-order chi connectivity index (χ1) is 7.18. The molecular weight excluding hydrogens is 190 g/mol. The zero-order chi connectivity index (χ0) is 10.8. The van der Waals surface area contributed by atoms with E-state index in [1.807, 2.05) is 26.0 Å². The fourth-order valence-electron chi connectivity index (χ4n) is 1.95. The van der Waals surface area contributed by atoms with E-state index in [-0.39, 0.29) is 6.10 Å². The van der Waals surface area contributed by atoms with Gasteiger partial charge >= 0.3 is 0 Å². The summed E-state index contributed by atoms with van der Waals surface area (Å²) in [7, 11) is 0. The molecule has 1 aliphatic heterocycles. The lowest BCUT2D eigenvalue weighted by Gasteiger charge is -2.24. The van der Waals surface area contributed by atoms with Gasteiger partial charge in [-0.25, -0.2) is 0 Å². The fourth-order valence-corrected chi connectivity index (χ4v) is 1.95. The lowest BCUT2D eigenvalue weighted by atomic mass is 10.0. The summed E-state index contributed by atoms with van der Waals surface area (Å²) in [5.74, 6) is 0.391. The number of phenolic OH excluding ortho intramolecular Hbond substituents is 1. The molecular formula is C12H17NO2. The van der Waals surface area contributed by atoms with Gasteiger partial charge in [0.15, 0.2) is 0 Å². The van der Waals surface area contributed by atoms with Crippen molar-refractivity contribution in [2.45, 2.75) is 20.0 Å². The third-order valence-electron chi connectivity index (χ3n) is 2.81. The first kappa shape index (κ1) is 10.5. The third-order valence-corrected chi connectivity index (χ3v) is 2.81. The molecule has 0 bridgehead atoms. The number of benzene rings is 1. The Hall–Kier alpha value is -1.06. The Kier molecular flexibility index (Phi) is 2.93. The molecule has 1 heterocycles. The van der Waals surface area contributed by atoms with E-state index in [1.54, 1.807) is 0 Å². The Bertz CT molecular complexity index is 334. The summed E-state index contributed by atoms with van der Waals surface area (Å²) in [5, 5.41) is 13.0. The molecule has 0 amide bonds. The van der Waals surface area contributed by atoms with E-state index in [1.165, 1.54) is 0 Å². The minimum absolute atomic E-state index is 0.122. The van der Waals surface area contributed by atoms with Crippen molar-refractivity contribution >= 4 is 0 Å². The van der Waals surface area contributed by atoms with Crippen LogP contribution in [0.25, 0.3) is 0 Å². The molecule has 1 unspecified atom stereocenters. The lowest BCUT2D eigenvalue weighted by Crippen LogP contribution is -2.33. The van der Waals surface area contributed by atoms with Crippen LogP contribution in [-0.2, 0) is 4.74 Å². The smallest absolute Gasteiger partial charge is 0.121 e. The molecule has 1 aromatic carbocycles. The molecule has 0 spiro atoms. The monoisotopic (exact) mass is 207 g/mol. The SMILES string of the molecule is Cc1cc(C2CNCCO2)cc(C)c1O. The number of hydrogen-bond acceptors (Lipinski definition) is 3. The van der Waals surface area contributed by atoms with Crippen molar-refractivity contribution < 1.29 is 9.84 Å². The van der Waals surface area contributed by atoms with Gasteiger partial charge in [0.25, 0.3) is 0 Å². The van der Waals surface area contributed by atoms with Gasteiger partial charge in [0.2, 0.25) is 0 Å². The maximum Gasteiger partial charge on any atom is 0.121 e. The largest absolute Gasteiger partial charge is 0.507 e. The van der Waals surface area contributed by atoms with Crippen LogP contribution < -0.4 is 5.32 Å². The molecule has 0 aliphatic carbocycles. The van der Waals surface area contributed by atoms with Gasteiger partial charge in [-0.05, 0) is 42.7 Å². The predicted molar refractivity (Wildman–Crippen MR) is 59.1 cm³/mol. The Morgan fingerprint density at radius 1 is 1.33 bits per heavy atom. The van der Waals surface area contributed by atoms with E-state index in [4.69, 9.17) is 4.74 Å². The molecule has 15 heavy (non-hydrogen) atoms. The first-order valence-electron chi connectivity index (χ1n) is 5.31. The van der Waals surface area contributed by atoms with Crippen molar-refractivity contribution in [1.29, 1.82) is 0 Å². The number of ether oxygens (including phenoxy) is 1. The van der Waals surface area contributed by atoms with E-state index < -0.39 is 0 Å². The number of rotatable bonds is 1. The molecule has 0 radical (unpaired) electrons. The van der Waals surface area contributed by atoms with E-state index in [2.05, 4.69) is 5.32 Å². The number of nitrogens with one attached hydrogen (secondary N) is 1. The summed E-state index contributed by atoms with van der Waals surface area (Å²) in [6.07, 6.45) is 0.122. The van der Waals surface area contributed by atoms with Crippen LogP contribution in [-0.4, -0.2) is 24.8 Å². The van der Waals surface area contributed by atoms with Gasteiger partial charge < -0.3 is 15.2 Å². The highest BCUT2D eigenvalue weighted by atomic mass is 16.5. The second kappa shape index (κ2) is 4.21. The van der Waals surface area contributed by atoms with Crippen molar-refractivity contribution in [3.8, 4) is 5.75 Å². The Labute approximate surface area is 90.1 Å². The summed E-state index contributed by atoms with van der Waals surface area (Å²) >= 11 is 0. The molecule has 3 heteroatoms. The minimum atomic E-state index is 0.122. The van der Waals surface area contributed by atoms with Crippen LogP contribution in [0.5, 0.6) is 5.75 Å². The van der Waals surface area contributed by atoms with Crippen LogP contribution in [0.15, 0.2) is 12.1 Å². The van der Waals surface area contributed by atoms with Crippen LogP contribution in [0, 0.1) is 13.8 Å². The Balaban J connectivity index is 2.27. The van der Waals surface area contributed by atoms with E-state index in [9.17, 15) is 5.11 Å². The second-order valence-corrected chi connectivity index (χ2v) is 4.07. The standard InChI is InChI=1S/C12H17NO2/c1-8-5-10(6-9(2)12(8)14)11-7-13-3-4-15-11/h5-6,11,13-14H,3-4,7H2,1-2H3. The summed E-state index contributed by atoms with van der Waals surface area (Å²) in [6.45, 7) is 6.37. The molecule has 1 fully saturated rings. The maximum absolute atomic E-state index is 9.67. The molecule has 3 nitrogen and oxygen atoms in total. The molecule has 1 saturated heterocycles. The number of aryl methyl sites for hydroxylation is 2. The van der Waals surface area contributed by atoms with E-state index >= 15 is 0 Å². The van der Waals surface area contributed by atoms with Gasteiger partial charge in [0.05, 0.1) is 12.7 Å². The van der Waals surface area contributed by atoms with Crippen LogP contribution in [0.1, 0.15) is 22.8 Å². The van der Waals surface area contributed by atoms with E-state index in [0.29, 0.717) is 5.75 Å². The van der Waals surface area contributed by atoms with Crippen molar-refractivity contribution in [1.82, 2.24) is 5.32 Å². The van der Waals surface area contributed by atoms with E-state index in [0.717, 1.165) is 36.4 Å². The maximum atomic E-state index is 9.67. The summed E-state index contributed by atoms with van der Waals surface area (Å²) in [6, 6.07) is 4.00. The molecule has 1 atom stereocenters. The second-order valence-electron chi connectivity index (χ2n) is 4.07. The summed E-state index contributed by atoms with van der Waals surface area (Å²) in [5.41, 5.74) is 2.98. The Morgan fingerprint density at radius 3 is 2.53 bits per heavy atom. The minimum Gasteiger partial charge on any atom is -0.507 e. The van der Waals surface area contributed by atoms with Gasteiger partial charge in [-0.2, -0.15) is 0 Å². The molecule has 82 valence electrons. The fraction of sp³-hybridized carbons (Fsp3) is 0.500. The van der Waals surface area contributed by atoms with Gasteiger partial charge in [0, 0.05) is 13.1 Å².